The van der Waals surface area contributed by atoms with Crippen LogP contribution in [-0.4, -0.2) is 55.3 Å². The number of aliphatic hydroxyl groups is 2. The minimum Gasteiger partial charge on any atom is -0.486 e. The summed E-state index contributed by atoms with van der Waals surface area (Å²) < 4.78 is 34.0. The smallest absolute Gasteiger partial charge is 0.276 e. The van der Waals surface area contributed by atoms with E-state index in [-0.39, 0.29) is 34.5 Å². The number of carbonyl (C=O) groups excluding carboxylic acids is 1. The molecule has 1 aromatic carbocycles. The first kappa shape index (κ1) is 23.5. The van der Waals surface area contributed by atoms with Gasteiger partial charge in [-0.2, -0.15) is 0 Å². The van der Waals surface area contributed by atoms with Gasteiger partial charge in [0.25, 0.3) is 5.91 Å². The lowest BCUT2D eigenvalue weighted by atomic mass is 10.0. The third kappa shape index (κ3) is 4.53. The zero-order valence-corrected chi connectivity index (χ0v) is 18.1. The number of anilines is 2. The molecule has 0 radical (unpaired) electrons. The van der Waals surface area contributed by atoms with Crippen molar-refractivity contribution in [3.8, 4) is 11.4 Å². The van der Waals surface area contributed by atoms with E-state index < -0.39 is 41.4 Å². The highest BCUT2D eigenvalue weighted by atomic mass is 35.5. The van der Waals surface area contributed by atoms with Crippen LogP contribution in [0.3, 0.4) is 0 Å². The Morgan fingerprint density at radius 1 is 1.21 bits per heavy atom. The SMILES string of the molecule is Nc1cnc(-c2c(F)cccc2F)nc1C(=O)Nc1cnccc1C1=C[C@@H](O)[C@H](O)[C@@H](CCl)O1. The number of amides is 1. The number of carbonyl (C=O) groups is 1. The zero-order chi connectivity index (χ0) is 24.4. The Morgan fingerprint density at radius 3 is 2.65 bits per heavy atom. The summed E-state index contributed by atoms with van der Waals surface area (Å²) in [4.78, 5) is 24.8. The molecule has 3 aromatic rings. The molecular weight excluding hydrogens is 472 g/mol. The summed E-state index contributed by atoms with van der Waals surface area (Å²) in [5, 5.41) is 22.7. The van der Waals surface area contributed by atoms with E-state index in [4.69, 9.17) is 22.1 Å². The first-order chi connectivity index (χ1) is 16.3. The highest BCUT2D eigenvalue weighted by molar-refractivity contribution is 6.18. The van der Waals surface area contributed by atoms with Crippen LogP contribution in [0.25, 0.3) is 17.1 Å². The van der Waals surface area contributed by atoms with Gasteiger partial charge in [0.2, 0.25) is 0 Å². The first-order valence-corrected chi connectivity index (χ1v) is 10.5. The van der Waals surface area contributed by atoms with E-state index in [2.05, 4.69) is 20.3 Å². The number of nitrogens with two attached hydrogens (primary N) is 1. The average Bonchev–Trinajstić information content (AvgIpc) is 2.82. The summed E-state index contributed by atoms with van der Waals surface area (Å²) in [6.07, 6.45) is 1.74. The van der Waals surface area contributed by atoms with Gasteiger partial charge in [0.1, 0.15) is 35.7 Å². The quantitative estimate of drug-likeness (QED) is 0.400. The summed E-state index contributed by atoms with van der Waals surface area (Å²) in [6, 6.07) is 4.78. The highest BCUT2D eigenvalue weighted by Gasteiger charge is 2.33. The predicted octanol–water partition coefficient (Wildman–Crippen LogP) is 2.35. The molecule has 1 aliphatic rings. The number of ether oxygens (including phenoxy) is 1. The van der Waals surface area contributed by atoms with Gasteiger partial charge >= 0.3 is 0 Å². The molecule has 1 aliphatic heterocycles. The van der Waals surface area contributed by atoms with Gasteiger partial charge in [-0.25, -0.2) is 18.7 Å². The first-order valence-electron chi connectivity index (χ1n) is 9.93. The van der Waals surface area contributed by atoms with Crippen molar-refractivity contribution < 1.29 is 28.5 Å². The maximum atomic E-state index is 14.2. The van der Waals surface area contributed by atoms with E-state index in [0.29, 0.717) is 5.56 Å². The molecule has 0 saturated heterocycles. The average molecular weight is 490 g/mol. The Morgan fingerprint density at radius 2 is 1.94 bits per heavy atom. The van der Waals surface area contributed by atoms with Crippen LogP contribution in [0.2, 0.25) is 0 Å². The Kier molecular flexibility index (Phi) is 6.68. The fraction of sp³-hybridized carbons (Fsp3) is 0.182. The largest absolute Gasteiger partial charge is 0.486 e. The molecule has 9 nitrogen and oxygen atoms in total. The molecule has 0 spiro atoms. The van der Waals surface area contributed by atoms with Gasteiger partial charge in [-0.05, 0) is 24.3 Å². The maximum Gasteiger partial charge on any atom is 0.276 e. The van der Waals surface area contributed by atoms with Crippen LogP contribution in [0.5, 0.6) is 0 Å². The van der Waals surface area contributed by atoms with Crippen LogP contribution in [0.4, 0.5) is 20.2 Å². The summed E-state index contributed by atoms with van der Waals surface area (Å²) in [6.45, 7) is 0. The van der Waals surface area contributed by atoms with Crippen LogP contribution in [-0.2, 0) is 4.74 Å². The van der Waals surface area contributed by atoms with E-state index >= 15 is 0 Å². The van der Waals surface area contributed by atoms with Crippen molar-refractivity contribution in [2.45, 2.75) is 18.3 Å². The van der Waals surface area contributed by atoms with E-state index in [0.717, 1.165) is 18.3 Å². The van der Waals surface area contributed by atoms with Crippen LogP contribution in [0.15, 0.2) is 48.9 Å². The molecule has 1 amide bonds. The van der Waals surface area contributed by atoms with Gasteiger partial charge in [0, 0.05) is 11.8 Å². The number of aliphatic hydroxyl groups excluding tert-OH is 2. The normalized spacial score (nSPS) is 19.8. The van der Waals surface area contributed by atoms with Crippen molar-refractivity contribution >= 4 is 34.6 Å². The van der Waals surface area contributed by atoms with Crippen molar-refractivity contribution in [3.63, 3.8) is 0 Å². The van der Waals surface area contributed by atoms with Gasteiger partial charge in [0.05, 0.1) is 35.2 Å². The third-order valence-corrected chi connectivity index (χ3v) is 5.34. The number of nitrogens with zero attached hydrogens (tertiary/aromatic N) is 3. The predicted molar refractivity (Wildman–Crippen MR) is 120 cm³/mol. The molecular formula is C22H18ClF2N5O4. The van der Waals surface area contributed by atoms with Crippen molar-refractivity contribution in [2.75, 3.05) is 16.9 Å². The van der Waals surface area contributed by atoms with E-state index in [9.17, 15) is 23.8 Å². The monoisotopic (exact) mass is 489 g/mol. The fourth-order valence-corrected chi connectivity index (χ4v) is 3.56. The maximum absolute atomic E-state index is 14.2. The third-order valence-electron chi connectivity index (χ3n) is 5.04. The summed E-state index contributed by atoms with van der Waals surface area (Å²) in [5.74, 6) is -2.90. The number of nitrogens with one attached hydrogen (secondary N) is 1. The second-order valence-electron chi connectivity index (χ2n) is 7.29. The number of alkyl halides is 1. The molecule has 176 valence electrons. The number of hydrogen-bond donors (Lipinski definition) is 4. The highest BCUT2D eigenvalue weighted by Crippen LogP contribution is 2.31. The van der Waals surface area contributed by atoms with Gasteiger partial charge < -0.3 is 26.0 Å². The standard InChI is InChI=1S/C22H18ClF2N5O4/c23-7-17-20(32)15(31)6-16(34-17)10-4-5-27-9-14(10)29-22(33)19-13(26)8-28-21(30-19)18-11(24)2-1-3-12(18)25/h1-6,8-9,15,17,20,31-32H,7,26H2,(H,29,33)/t15-,17-,20+/m1/s1. The molecule has 4 rings (SSSR count). The number of nitrogen functional groups attached to an aromatic ring is 1. The van der Waals surface area contributed by atoms with Crippen molar-refractivity contribution in [2.24, 2.45) is 0 Å². The molecule has 2 aromatic heterocycles. The van der Waals surface area contributed by atoms with Crippen molar-refractivity contribution in [1.82, 2.24) is 15.0 Å². The Bertz CT molecular complexity index is 1260. The Labute approximate surface area is 196 Å². The van der Waals surface area contributed by atoms with Gasteiger partial charge in [0.15, 0.2) is 11.5 Å². The van der Waals surface area contributed by atoms with Crippen LogP contribution in [0.1, 0.15) is 16.1 Å². The molecule has 0 aliphatic carbocycles. The van der Waals surface area contributed by atoms with Crippen molar-refractivity contribution in [1.29, 1.82) is 0 Å². The molecule has 12 heteroatoms. The van der Waals surface area contributed by atoms with E-state index in [1.165, 1.54) is 30.6 Å². The molecule has 0 fully saturated rings. The fourth-order valence-electron chi connectivity index (χ4n) is 3.32. The second-order valence-corrected chi connectivity index (χ2v) is 7.60. The molecule has 0 bridgehead atoms. The summed E-state index contributed by atoms with van der Waals surface area (Å²) in [7, 11) is 0. The number of halogens is 3. The number of pyridine rings is 1. The lowest BCUT2D eigenvalue weighted by Crippen LogP contribution is -2.42. The zero-order valence-electron chi connectivity index (χ0n) is 17.3. The van der Waals surface area contributed by atoms with E-state index in [1.54, 1.807) is 0 Å². The summed E-state index contributed by atoms with van der Waals surface area (Å²) in [5.41, 5.74) is 5.39. The number of hydrogen-bond acceptors (Lipinski definition) is 8. The molecule has 3 atom stereocenters. The lowest BCUT2D eigenvalue weighted by molar-refractivity contribution is -0.0441. The number of aromatic nitrogens is 3. The topological polar surface area (TPSA) is 143 Å². The minimum atomic E-state index is -1.25. The van der Waals surface area contributed by atoms with Crippen LogP contribution >= 0.6 is 11.6 Å². The van der Waals surface area contributed by atoms with Gasteiger partial charge in [-0.3, -0.25) is 9.78 Å². The number of benzene rings is 1. The van der Waals surface area contributed by atoms with Crippen LogP contribution in [0, 0.1) is 11.6 Å². The Balaban J connectivity index is 1.67. The molecule has 3 heterocycles. The van der Waals surface area contributed by atoms with Crippen LogP contribution < -0.4 is 11.1 Å². The minimum absolute atomic E-state index is 0.0881. The molecule has 0 saturated carbocycles. The van der Waals surface area contributed by atoms with Crippen molar-refractivity contribution in [3.05, 3.63) is 71.8 Å². The number of rotatable bonds is 5. The molecule has 5 N–H and O–H groups in total. The van der Waals surface area contributed by atoms with E-state index in [1.807, 2.05) is 0 Å². The summed E-state index contributed by atoms with van der Waals surface area (Å²) >= 11 is 5.82. The van der Waals surface area contributed by atoms with Gasteiger partial charge in [-0.15, -0.1) is 11.6 Å². The van der Waals surface area contributed by atoms with Gasteiger partial charge in [-0.1, -0.05) is 6.07 Å². The lowest BCUT2D eigenvalue weighted by Gasteiger charge is -2.31. The second kappa shape index (κ2) is 9.67. The Hall–Kier alpha value is -3.67. The molecule has 34 heavy (non-hydrogen) atoms. The molecule has 0 unspecified atom stereocenters.